The van der Waals surface area contributed by atoms with Gasteiger partial charge in [-0.3, -0.25) is 14.3 Å². The number of hydrogen-bond donors (Lipinski definition) is 0. The van der Waals surface area contributed by atoms with Crippen LogP contribution in [-0.2, 0) is 0 Å². The van der Waals surface area contributed by atoms with E-state index in [1.54, 1.807) is 10.8 Å². The van der Waals surface area contributed by atoms with Gasteiger partial charge < -0.3 is 0 Å². The lowest BCUT2D eigenvalue weighted by atomic mass is 10.1. The number of benzene rings is 3. The molecule has 0 aliphatic carbocycles. The van der Waals surface area contributed by atoms with Crippen LogP contribution >= 0.6 is 15.9 Å². The zero-order chi connectivity index (χ0) is 17.7. The maximum absolute atomic E-state index is 13.4. The Bertz CT molecular complexity index is 1370. The molecule has 0 saturated heterocycles. The Balaban J connectivity index is 2.04. The summed E-state index contributed by atoms with van der Waals surface area (Å²) in [5.41, 5.74) is 2.46. The predicted molar refractivity (Wildman–Crippen MR) is 110 cm³/mol. The van der Waals surface area contributed by atoms with Gasteiger partial charge in [0.05, 0.1) is 16.7 Å². The Kier molecular flexibility index (Phi) is 3.40. The van der Waals surface area contributed by atoms with Crippen LogP contribution in [-0.4, -0.2) is 9.55 Å². The Morgan fingerprint density at radius 2 is 1.65 bits per heavy atom. The van der Waals surface area contributed by atoms with Crippen LogP contribution in [0, 0.1) is 0 Å². The van der Waals surface area contributed by atoms with Crippen molar-refractivity contribution in [3.63, 3.8) is 0 Å². The topological polar surface area (TPSA) is 34.9 Å². The lowest BCUT2D eigenvalue weighted by molar-refractivity contribution is 1.07. The van der Waals surface area contributed by atoms with E-state index >= 15 is 0 Å². The summed E-state index contributed by atoms with van der Waals surface area (Å²) < 4.78 is 2.74. The molecule has 4 heteroatoms. The largest absolute Gasteiger partial charge is 0.274 e. The number of fused-ring (bicyclic) bond motifs is 4. The van der Waals surface area contributed by atoms with Gasteiger partial charge >= 0.3 is 0 Å². The minimum Gasteiger partial charge on any atom is -0.274 e. The van der Waals surface area contributed by atoms with Crippen molar-refractivity contribution in [2.24, 2.45) is 0 Å². The highest BCUT2D eigenvalue weighted by Gasteiger charge is 2.14. The molecule has 5 aromatic rings. The summed E-state index contributed by atoms with van der Waals surface area (Å²) in [6.07, 6.45) is 1.76. The van der Waals surface area contributed by atoms with Gasteiger partial charge in [-0.05, 0) is 41.8 Å². The average molecular weight is 401 g/mol. The lowest BCUT2D eigenvalue weighted by Gasteiger charge is -2.15. The monoisotopic (exact) mass is 400 g/mol. The molecular formula is C22H13BrN2O. The molecule has 0 spiro atoms. The van der Waals surface area contributed by atoms with E-state index in [-0.39, 0.29) is 5.56 Å². The summed E-state index contributed by atoms with van der Waals surface area (Å²) >= 11 is 3.52. The number of aromatic nitrogens is 2. The minimum absolute atomic E-state index is 0.0376. The zero-order valence-electron chi connectivity index (χ0n) is 13.7. The molecule has 0 aliphatic heterocycles. The van der Waals surface area contributed by atoms with Crippen LogP contribution in [0.2, 0.25) is 0 Å². The van der Waals surface area contributed by atoms with Crippen LogP contribution in [0.3, 0.4) is 0 Å². The summed E-state index contributed by atoms with van der Waals surface area (Å²) in [6.45, 7) is 0. The van der Waals surface area contributed by atoms with Crippen LogP contribution in [0.5, 0.6) is 0 Å². The molecule has 0 unspecified atom stereocenters. The molecular weight excluding hydrogens is 388 g/mol. The van der Waals surface area contributed by atoms with E-state index in [1.165, 1.54) is 0 Å². The first-order chi connectivity index (χ1) is 12.7. The van der Waals surface area contributed by atoms with Crippen molar-refractivity contribution in [3.05, 3.63) is 93.8 Å². The van der Waals surface area contributed by atoms with Crippen molar-refractivity contribution >= 4 is 48.5 Å². The first-order valence-electron chi connectivity index (χ1n) is 8.31. The maximum Gasteiger partial charge on any atom is 0.263 e. The molecule has 0 fully saturated rings. The van der Waals surface area contributed by atoms with Crippen molar-refractivity contribution in [1.29, 1.82) is 0 Å². The molecule has 26 heavy (non-hydrogen) atoms. The highest BCUT2D eigenvalue weighted by molar-refractivity contribution is 9.10. The van der Waals surface area contributed by atoms with Gasteiger partial charge in [0.2, 0.25) is 0 Å². The second-order valence-corrected chi connectivity index (χ2v) is 7.12. The molecule has 2 aromatic heterocycles. The van der Waals surface area contributed by atoms with Crippen LogP contribution in [0.25, 0.3) is 38.3 Å². The van der Waals surface area contributed by atoms with Crippen molar-refractivity contribution in [2.45, 2.75) is 0 Å². The van der Waals surface area contributed by atoms with Crippen molar-refractivity contribution in [3.8, 4) is 5.69 Å². The summed E-state index contributed by atoms with van der Waals surface area (Å²) in [5, 5.41) is 3.69. The smallest absolute Gasteiger partial charge is 0.263 e. The molecule has 0 aliphatic rings. The third kappa shape index (κ3) is 2.19. The fraction of sp³-hybridized carbons (Fsp3) is 0. The third-order valence-corrected chi connectivity index (χ3v) is 5.20. The van der Waals surface area contributed by atoms with E-state index in [1.807, 2.05) is 66.7 Å². The van der Waals surface area contributed by atoms with Gasteiger partial charge in [0.15, 0.2) is 0 Å². The number of nitrogens with zero attached hydrogens (tertiary/aromatic N) is 2. The van der Waals surface area contributed by atoms with Gasteiger partial charge in [0.1, 0.15) is 0 Å². The molecule has 0 amide bonds. The molecule has 0 N–H and O–H groups in total. The summed E-state index contributed by atoms with van der Waals surface area (Å²) in [4.78, 5) is 18.0. The Morgan fingerprint density at radius 1 is 0.808 bits per heavy atom. The van der Waals surface area contributed by atoms with Gasteiger partial charge in [-0.1, -0.05) is 52.3 Å². The molecule has 0 radical (unpaired) electrons. The normalized spacial score (nSPS) is 11.4. The van der Waals surface area contributed by atoms with Gasteiger partial charge in [0.25, 0.3) is 5.56 Å². The van der Waals surface area contributed by atoms with E-state index in [0.717, 1.165) is 37.4 Å². The molecule has 0 saturated carbocycles. The van der Waals surface area contributed by atoms with Crippen LogP contribution in [0.1, 0.15) is 0 Å². The van der Waals surface area contributed by atoms with E-state index in [4.69, 9.17) is 0 Å². The molecule has 3 aromatic carbocycles. The molecule has 124 valence electrons. The van der Waals surface area contributed by atoms with E-state index in [0.29, 0.717) is 5.39 Å². The quantitative estimate of drug-likeness (QED) is 0.350. The van der Waals surface area contributed by atoms with Crippen molar-refractivity contribution in [1.82, 2.24) is 9.55 Å². The van der Waals surface area contributed by atoms with Crippen LogP contribution in [0.15, 0.2) is 88.3 Å². The van der Waals surface area contributed by atoms with Crippen LogP contribution in [0.4, 0.5) is 0 Å². The number of pyridine rings is 2. The second-order valence-electron chi connectivity index (χ2n) is 6.20. The fourth-order valence-corrected chi connectivity index (χ4v) is 3.92. The summed E-state index contributed by atoms with van der Waals surface area (Å²) in [7, 11) is 0. The number of halogens is 1. The van der Waals surface area contributed by atoms with E-state index < -0.39 is 0 Å². The number of hydrogen-bond acceptors (Lipinski definition) is 2. The molecule has 0 bridgehead atoms. The average Bonchev–Trinajstić information content (AvgIpc) is 2.68. The minimum atomic E-state index is -0.0376. The zero-order valence-corrected chi connectivity index (χ0v) is 15.3. The van der Waals surface area contributed by atoms with Gasteiger partial charge in [-0.15, -0.1) is 0 Å². The number of para-hydroxylation sites is 2. The Labute approximate surface area is 157 Å². The third-order valence-electron chi connectivity index (χ3n) is 4.70. The van der Waals surface area contributed by atoms with Crippen molar-refractivity contribution in [2.75, 3.05) is 0 Å². The predicted octanol–water partition coefficient (Wildman–Crippen LogP) is 5.45. The highest BCUT2D eigenvalue weighted by atomic mass is 79.9. The van der Waals surface area contributed by atoms with E-state index in [2.05, 4.69) is 27.0 Å². The van der Waals surface area contributed by atoms with Crippen molar-refractivity contribution < 1.29 is 0 Å². The Morgan fingerprint density at radius 3 is 2.58 bits per heavy atom. The summed E-state index contributed by atoms with van der Waals surface area (Å²) in [6, 6.07) is 23.6. The SMILES string of the molecule is O=c1c2ccc(Br)cc2c2ccccc2n1-c1cccc2cccnc12. The van der Waals surface area contributed by atoms with Gasteiger partial charge in [-0.25, -0.2) is 0 Å². The van der Waals surface area contributed by atoms with Gasteiger partial charge in [-0.2, -0.15) is 0 Å². The first kappa shape index (κ1) is 15.3. The van der Waals surface area contributed by atoms with Crippen LogP contribution < -0.4 is 5.56 Å². The molecule has 2 heterocycles. The molecule has 3 nitrogen and oxygen atoms in total. The van der Waals surface area contributed by atoms with Gasteiger partial charge in [0, 0.05) is 26.8 Å². The molecule has 5 rings (SSSR count). The van der Waals surface area contributed by atoms with E-state index in [9.17, 15) is 4.79 Å². The number of rotatable bonds is 1. The Hall–Kier alpha value is -2.98. The summed E-state index contributed by atoms with van der Waals surface area (Å²) in [5.74, 6) is 0. The standard InChI is InChI=1S/C22H13BrN2O/c23-15-10-11-17-18(13-15)16-7-1-2-8-19(16)25(22(17)26)20-9-3-5-14-6-4-12-24-21(14)20/h1-13H. The second kappa shape index (κ2) is 5.78. The first-order valence-corrected chi connectivity index (χ1v) is 9.10. The lowest BCUT2D eigenvalue weighted by Crippen LogP contribution is -2.19. The maximum atomic E-state index is 13.4. The fourth-order valence-electron chi connectivity index (χ4n) is 3.56. The highest BCUT2D eigenvalue weighted by Crippen LogP contribution is 2.29. The molecule has 0 atom stereocenters.